The van der Waals surface area contributed by atoms with Crippen molar-refractivity contribution in [1.82, 2.24) is 16.0 Å². The van der Waals surface area contributed by atoms with E-state index < -0.39 is 72.6 Å². The molecule has 2 aromatic rings. The first-order valence-corrected chi connectivity index (χ1v) is 12.4. The van der Waals surface area contributed by atoms with E-state index in [9.17, 15) is 33.9 Å². The van der Waals surface area contributed by atoms with E-state index in [0.717, 1.165) is 5.56 Å². The molecule has 0 aliphatic rings. The van der Waals surface area contributed by atoms with Crippen LogP contribution in [0.25, 0.3) is 0 Å². The monoisotopic (exact) mass is 555 g/mol. The van der Waals surface area contributed by atoms with Crippen LogP contribution in [0.5, 0.6) is 0 Å². The second kappa shape index (κ2) is 15.6. The number of hydrogen-bond donors (Lipinski definition) is 7. The number of carboxylic acid groups (broad SMARTS) is 2. The van der Waals surface area contributed by atoms with Gasteiger partial charge in [0.2, 0.25) is 23.6 Å². The van der Waals surface area contributed by atoms with Crippen LogP contribution >= 0.6 is 0 Å². The Morgan fingerprint density at radius 1 is 0.675 bits per heavy atom. The Morgan fingerprint density at radius 3 is 1.65 bits per heavy atom. The molecular formula is C27H33N5O8. The van der Waals surface area contributed by atoms with Crippen LogP contribution in [0.1, 0.15) is 30.4 Å². The van der Waals surface area contributed by atoms with Crippen molar-refractivity contribution in [1.29, 1.82) is 0 Å². The van der Waals surface area contributed by atoms with Crippen molar-refractivity contribution in [2.24, 2.45) is 11.5 Å². The summed E-state index contributed by atoms with van der Waals surface area (Å²) in [5, 5.41) is 25.4. The fraction of sp³-hybridized carbons (Fsp3) is 0.333. The summed E-state index contributed by atoms with van der Waals surface area (Å²) in [5.41, 5.74) is 12.7. The molecular weight excluding hydrogens is 522 g/mol. The van der Waals surface area contributed by atoms with Crippen molar-refractivity contribution in [2.75, 3.05) is 0 Å². The molecule has 0 aliphatic carbocycles. The highest BCUT2D eigenvalue weighted by molar-refractivity contribution is 5.96. The van der Waals surface area contributed by atoms with E-state index >= 15 is 0 Å². The van der Waals surface area contributed by atoms with Crippen LogP contribution in [-0.2, 0) is 41.6 Å². The number of benzene rings is 2. The quantitative estimate of drug-likeness (QED) is 0.135. The SMILES string of the molecule is NC(=O)CC(NC(=O)C(N)Cc1ccccc1)C(=O)NC(Cc1ccccc1)C(=O)NC(CCC(=O)O)C(=O)O. The molecule has 9 N–H and O–H groups in total. The molecule has 2 rings (SSSR count). The average molecular weight is 556 g/mol. The molecule has 13 heteroatoms. The number of carbonyl (C=O) groups is 6. The number of aliphatic carboxylic acids is 2. The molecule has 0 spiro atoms. The maximum Gasteiger partial charge on any atom is 0.326 e. The maximum atomic E-state index is 13.2. The van der Waals surface area contributed by atoms with Gasteiger partial charge in [0.15, 0.2) is 0 Å². The van der Waals surface area contributed by atoms with Crippen molar-refractivity contribution >= 4 is 35.6 Å². The van der Waals surface area contributed by atoms with E-state index in [2.05, 4.69) is 16.0 Å². The fourth-order valence-corrected chi connectivity index (χ4v) is 3.78. The minimum absolute atomic E-state index is 0.0750. The molecule has 0 bridgehead atoms. The molecule has 0 aromatic heterocycles. The molecule has 4 unspecified atom stereocenters. The average Bonchev–Trinajstić information content (AvgIpc) is 2.90. The lowest BCUT2D eigenvalue weighted by molar-refractivity contribution is -0.143. The summed E-state index contributed by atoms with van der Waals surface area (Å²) >= 11 is 0. The fourth-order valence-electron chi connectivity index (χ4n) is 3.78. The maximum absolute atomic E-state index is 13.2. The van der Waals surface area contributed by atoms with E-state index in [1.54, 1.807) is 60.7 Å². The van der Waals surface area contributed by atoms with Crippen LogP contribution in [0.15, 0.2) is 60.7 Å². The van der Waals surface area contributed by atoms with Gasteiger partial charge in [-0.3, -0.25) is 24.0 Å². The topological polar surface area (TPSA) is 231 Å². The van der Waals surface area contributed by atoms with Crippen molar-refractivity contribution in [3.8, 4) is 0 Å². The lowest BCUT2D eigenvalue weighted by Crippen LogP contribution is -2.58. The Kier molecular flexibility index (Phi) is 12.3. The van der Waals surface area contributed by atoms with E-state index in [0.29, 0.717) is 5.56 Å². The Balaban J connectivity index is 2.20. The van der Waals surface area contributed by atoms with Crippen molar-refractivity contribution in [2.45, 2.75) is 56.3 Å². The van der Waals surface area contributed by atoms with Crippen LogP contribution in [0.2, 0.25) is 0 Å². The molecule has 0 saturated carbocycles. The predicted molar refractivity (Wildman–Crippen MR) is 142 cm³/mol. The van der Waals surface area contributed by atoms with Gasteiger partial charge in [-0.1, -0.05) is 60.7 Å². The highest BCUT2D eigenvalue weighted by Crippen LogP contribution is 2.08. The molecule has 40 heavy (non-hydrogen) atoms. The first-order valence-electron chi connectivity index (χ1n) is 12.4. The molecule has 0 fully saturated rings. The molecule has 13 nitrogen and oxygen atoms in total. The molecule has 0 saturated heterocycles. The number of rotatable bonds is 16. The van der Waals surface area contributed by atoms with E-state index in [1.807, 2.05) is 0 Å². The standard InChI is InChI=1S/C27H33N5O8/c28-18(13-16-7-3-1-4-8-16)24(36)31-21(15-22(29)33)26(38)32-20(14-17-9-5-2-6-10-17)25(37)30-19(27(39)40)11-12-23(34)35/h1-10,18-21H,11-15,28H2,(H2,29,33)(H,30,37)(H,31,36)(H,32,38)(H,34,35)(H,39,40). The second-order valence-electron chi connectivity index (χ2n) is 9.11. The highest BCUT2D eigenvalue weighted by atomic mass is 16.4. The lowest BCUT2D eigenvalue weighted by Gasteiger charge is -2.25. The van der Waals surface area contributed by atoms with Gasteiger partial charge in [0.1, 0.15) is 18.1 Å². The van der Waals surface area contributed by atoms with Gasteiger partial charge in [0.05, 0.1) is 12.5 Å². The largest absolute Gasteiger partial charge is 0.481 e. The summed E-state index contributed by atoms with van der Waals surface area (Å²) in [4.78, 5) is 73.2. The Morgan fingerprint density at radius 2 is 1.15 bits per heavy atom. The van der Waals surface area contributed by atoms with Crippen molar-refractivity contribution < 1.29 is 39.0 Å². The first-order chi connectivity index (χ1) is 19.0. The van der Waals surface area contributed by atoms with E-state index in [4.69, 9.17) is 16.6 Å². The zero-order valence-electron chi connectivity index (χ0n) is 21.6. The molecule has 214 valence electrons. The number of carbonyl (C=O) groups excluding carboxylic acids is 4. The predicted octanol–water partition coefficient (Wildman–Crippen LogP) is -0.922. The minimum atomic E-state index is -1.53. The third-order valence-corrected chi connectivity index (χ3v) is 5.85. The second-order valence-corrected chi connectivity index (χ2v) is 9.11. The van der Waals surface area contributed by atoms with Gasteiger partial charge in [0, 0.05) is 12.8 Å². The van der Waals surface area contributed by atoms with Gasteiger partial charge in [-0.25, -0.2) is 4.79 Å². The summed E-state index contributed by atoms with van der Waals surface area (Å²) in [6.45, 7) is 0. The van der Waals surface area contributed by atoms with Gasteiger partial charge in [-0.05, 0) is 24.0 Å². The van der Waals surface area contributed by atoms with Gasteiger partial charge in [-0.2, -0.15) is 0 Å². The third-order valence-electron chi connectivity index (χ3n) is 5.85. The summed E-state index contributed by atoms with van der Waals surface area (Å²) in [6, 6.07) is 12.0. The summed E-state index contributed by atoms with van der Waals surface area (Å²) in [6.07, 6.45) is -1.41. The minimum Gasteiger partial charge on any atom is -0.481 e. The molecule has 0 aliphatic heterocycles. The molecule has 4 amide bonds. The first kappa shape index (κ1) is 31.4. The van der Waals surface area contributed by atoms with Crippen LogP contribution in [0.4, 0.5) is 0 Å². The van der Waals surface area contributed by atoms with E-state index in [1.165, 1.54) is 0 Å². The normalized spacial score (nSPS) is 13.6. The summed E-state index contributed by atoms with van der Waals surface area (Å²) in [5.74, 6) is -6.15. The zero-order chi connectivity index (χ0) is 29.7. The smallest absolute Gasteiger partial charge is 0.326 e. The summed E-state index contributed by atoms with van der Waals surface area (Å²) < 4.78 is 0. The number of carboxylic acids is 2. The Labute approximate surface area is 230 Å². The molecule has 4 atom stereocenters. The van der Waals surface area contributed by atoms with Crippen LogP contribution < -0.4 is 27.4 Å². The Hall–Kier alpha value is -4.78. The van der Waals surface area contributed by atoms with Gasteiger partial charge in [-0.15, -0.1) is 0 Å². The number of amides is 4. The lowest BCUT2D eigenvalue weighted by atomic mass is 10.0. The zero-order valence-corrected chi connectivity index (χ0v) is 21.6. The van der Waals surface area contributed by atoms with Crippen molar-refractivity contribution in [3.63, 3.8) is 0 Å². The number of nitrogens with two attached hydrogens (primary N) is 2. The molecule has 2 aromatic carbocycles. The van der Waals surface area contributed by atoms with E-state index in [-0.39, 0.29) is 19.3 Å². The van der Waals surface area contributed by atoms with Crippen LogP contribution in [-0.4, -0.2) is 69.9 Å². The number of nitrogens with one attached hydrogen (secondary N) is 3. The van der Waals surface area contributed by atoms with Gasteiger partial charge >= 0.3 is 11.9 Å². The third kappa shape index (κ3) is 10.9. The molecule has 0 radical (unpaired) electrons. The number of primary amides is 1. The summed E-state index contributed by atoms with van der Waals surface area (Å²) in [7, 11) is 0. The van der Waals surface area contributed by atoms with Crippen LogP contribution in [0.3, 0.4) is 0 Å². The Bertz CT molecular complexity index is 1190. The molecule has 0 heterocycles. The van der Waals surface area contributed by atoms with Crippen molar-refractivity contribution in [3.05, 3.63) is 71.8 Å². The van der Waals surface area contributed by atoms with Crippen LogP contribution in [0, 0.1) is 0 Å². The van der Waals surface area contributed by atoms with Gasteiger partial charge in [0.25, 0.3) is 0 Å². The highest BCUT2D eigenvalue weighted by Gasteiger charge is 2.31. The number of hydrogen-bond acceptors (Lipinski definition) is 7. The van der Waals surface area contributed by atoms with Gasteiger partial charge < -0.3 is 37.6 Å².